The van der Waals surface area contributed by atoms with Gasteiger partial charge in [0.2, 0.25) is 0 Å². The lowest BCUT2D eigenvalue weighted by atomic mass is 10.0. The number of allylic oxidation sites excluding steroid dienone is 2. The highest BCUT2D eigenvalue weighted by Gasteiger charge is 2.22. The van der Waals surface area contributed by atoms with E-state index in [-0.39, 0.29) is 19.4 Å². The van der Waals surface area contributed by atoms with Crippen LogP contribution in [-0.4, -0.2) is 49.9 Å². The van der Waals surface area contributed by atoms with Gasteiger partial charge < -0.3 is 39.0 Å². The third kappa shape index (κ3) is 42.9. The molecular weight excluding hydrogens is 781 g/mol. The van der Waals surface area contributed by atoms with Gasteiger partial charge in [-0.2, -0.15) is 0 Å². The monoisotopic (exact) mass is 873 g/mol. The van der Waals surface area contributed by atoms with Crippen LogP contribution >= 0.6 is 7.82 Å². The minimum absolute atomic E-state index is 0.141. The van der Waals surface area contributed by atoms with Crippen molar-refractivity contribution < 1.29 is 53.2 Å². The third-order valence-electron chi connectivity index (χ3n) is 11.0. The maximum Gasteiger partial charge on any atom is 0.306 e. The number of esters is 2. The first-order chi connectivity index (χ1) is 29.1. The van der Waals surface area contributed by atoms with E-state index in [1.54, 1.807) is 0 Å². The van der Waals surface area contributed by atoms with Crippen molar-refractivity contribution in [3.63, 3.8) is 0 Å². The highest BCUT2D eigenvalue weighted by atomic mass is 31.2. The number of rotatable bonds is 47. The van der Waals surface area contributed by atoms with Crippen molar-refractivity contribution in [3.8, 4) is 0 Å². The highest BCUT2D eigenvalue weighted by Crippen LogP contribution is 2.38. The second-order valence-electron chi connectivity index (χ2n) is 17.0. The first kappa shape index (κ1) is 58.2. The number of carboxylic acids is 1. The van der Waals surface area contributed by atoms with Crippen LogP contribution in [0.2, 0.25) is 0 Å². The minimum Gasteiger partial charge on any atom is -0.756 e. The molecule has 0 heterocycles. The number of quaternary nitrogens is 1. The number of carboxylic acid groups (broad SMARTS) is 1. The maximum absolute atomic E-state index is 12.6. The van der Waals surface area contributed by atoms with Crippen LogP contribution in [0.25, 0.3) is 0 Å². The van der Waals surface area contributed by atoms with E-state index in [1.807, 2.05) is 0 Å². The quantitative estimate of drug-likeness (QED) is 0.0268. The van der Waals surface area contributed by atoms with E-state index in [9.17, 15) is 28.9 Å². The first-order valence-electron chi connectivity index (χ1n) is 24.7. The molecule has 0 saturated heterocycles. The predicted octanol–water partition coefficient (Wildman–Crippen LogP) is 10.9. The van der Waals surface area contributed by atoms with E-state index in [2.05, 4.69) is 36.3 Å². The SMILES string of the molecule is CCCCCCCC/C=C\CCCCCCCC(=O)O[C@H](COC(=O)CCCCCCCCCCCCCCCCCCCCCCC)COP(=O)([O-])OC[C@H]([NH3+])C(=O)[O-]. The molecule has 0 aromatic rings. The van der Waals surface area contributed by atoms with Crippen molar-refractivity contribution in [1.82, 2.24) is 0 Å². The summed E-state index contributed by atoms with van der Waals surface area (Å²) in [6, 6.07) is -1.42. The molecule has 0 aromatic carbocycles. The molecule has 0 radical (unpaired) electrons. The Bertz CT molecular complexity index is 1070. The number of unbranched alkanes of at least 4 members (excludes halogenated alkanes) is 31. The second-order valence-corrected chi connectivity index (χ2v) is 18.4. The zero-order valence-electron chi connectivity index (χ0n) is 38.6. The van der Waals surface area contributed by atoms with Crippen molar-refractivity contribution in [2.24, 2.45) is 0 Å². The number of aliphatic carboxylic acids is 1. The predicted molar refractivity (Wildman–Crippen MR) is 239 cm³/mol. The fourth-order valence-corrected chi connectivity index (χ4v) is 7.91. The van der Waals surface area contributed by atoms with Gasteiger partial charge in [0.1, 0.15) is 25.2 Å². The van der Waals surface area contributed by atoms with Gasteiger partial charge >= 0.3 is 11.9 Å². The third-order valence-corrected chi connectivity index (χ3v) is 12.0. The molecule has 0 rings (SSSR count). The molecule has 11 nitrogen and oxygen atoms in total. The molecular formula is C48H91NO10P-. The van der Waals surface area contributed by atoms with E-state index in [1.165, 1.54) is 148 Å². The minimum atomic E-state index is -4.95. The molecule has 0 aromatic heterocycles. The van der Waals surface area contributed by atoms with E-state index >= 15 is 0 Å². The summed E-state index contributed by atoms with van der Waals surface area (Å²) >= 11 is 0. The molecule has 0 spiro atoms. The van der Waals surface area contributed by atoms with E-state index in [0.717, 1.165) is 57.8 Å². The van der Waals surface area contributed by atoms with Crippen molar-refractivity contribution in [2.45, 2.75) is 257 Å². The molecule has 354 valence electrons. The lowest BCUT2D eigenvalue weighted by Gasteiger charge is -2.26. The molecule has 0 saturated carbocycles. The lowest BCUT2D eigenvalue weighted by Crippen LogP contribution is -2.70. The summed E-state index contributed by atoms with van der Waals surface area (Å²) in [6.07, 6.45) is 45.4. The van der Waals surface area contributed by atoms with Crippen molar-refractivity contribution in [3.05, 3.63) is 12.2 Å². The largest absolute Gasteiger partial charge is 0.756 e. The molecule has 0 aliphatic rings. The summed E-state index contributed by atoms with van der Waals surface area (Å²) in [4.78, 5) is 48.2. The Labute approximate surface area is 367 Å². The molecule has 3 N–H and O–H groups in total. The summed E-state index contributed by atoms with van der Waals surface area (Å²) in [6.45, 7) is 2.73. The number of ether oxygens (including phenoxy) is 2. The van der Waals surface area contributed by atoms with Gasteiger partial charge in [-0.1, -0.05) is 206 Å². The molecule has 60 heavy (non-hydrogen) atoms. The Morgan fingerprint density at radius 2 is 0.833 bits per heavy atom. The van der Waals surface area contributed by atoms with Gasteiger partial charge in [0.05, 0.1) is 6.61 Å². The summed E-state index contributed by atoms with van der Waals surface area (Å²) in [7, 11) is -4.95. The van der Waals surface area contributed by atoms with Crippen LogP contribution < -0.4 is 15.7 Å². The Balaban J connectivity index is 4.21. The number of phosphoric acid groups is 1. The smallest absolute Gasteiger partial charge is 0.306 e. The zero-order chi connectivity index (χ0) is 44.2. The summed E-state index contributed by atoms with van der Waals surface area (Å²) in [5.41, 5.74) is 3.25. The van der Waals surface area contributed by atoms with Gasteiger partial charge in [-0.25, -0.2) is 0 Å². The average molecular weight is 873 g/mol. The van der Waals surface area contributed by atoms with Crippen molar-refractivity contribution in [1.29, 1.82) is 0 Å². The maximum atomic E-state index is 12.6. The molecule has 0 aliphatic heterocycles. The number of hydrogen-bond acceptors (Lipinski definition) is 10. The Hall–Kier alpha value is -1.78. The fraction of sp³-hybridized carbons (Fsp3) is 0.896. The number of carbonyl (C=O) groups excluding carboxylic acids is 3. The standard InChI is InChI=1S/C48H92NO10P/c1-3-5-7-9-11-13-15-17-19-20-21-22-23-24-26-27-29-31-33-35-37-39-46(50)56-41-44(42-57-60(54,55)58-43-45(49)48(52)53)59-47(51)40-38-36-34-32-30-28-25-18-16-14-12-10-8-6-4-2/h18,25,44-45H,3-17,19-24,26-43,49H2,1-2H3,(H,52,53)(H,54,55)/p-1/b25-18-/t44-,45+/m1/s1. The molecule has 0 bridgehead atoms. The van der Waals surface area contributed by atoms with Gasteiger partial charge in [0.25, 0.3) is 7.82 Å². The molecule has 0 fully saturated rings. The van der Waals surface area contributed by atoms with Crippen molar-refractivity contribution in [2.75, 3.05) is 19.8 Å². The summed E-state index contributed by atoms with van der Waals surface area (Å²) in [5, 5.41) is 10.9. The zero-order valence-corrected chi connectivity index (χ0v) is 39.5. The van der Waals surface area contributed by atoms with Crippen LogP contribution in [-0.2, 0) is 37.5 Å². The number of carbonyl (C=O) groups is 3. The summed E-state index contributed by atoms with van der Waals surface area (Å²) in [5.74, 6) is -2.57. The van der Waals surface area contributed by atoms with Crippen LogP contribution in [0.4, 0.5) is 0 Å². The van der Waals surface area contributed by atoms with Gasteiger partial charge in [-0.3, -0.25) is 14.2 Å². The number of hydrogen-bond donors (Lipinski definition) is 1. The molecule has 3 atom stereocenters. The molecule has 0 aliphatic carbocycles. The lowest BCUT2D eigenvalue weighted by molar-refractivity contribution is -0.441. The summed E-state index contributed by atoms with van der Waals surface area (Å²) < 4.78 is 32.5. The number of phosphoric ester groups is 1. The van der Waals surface area contributed by atoms with Crippen LogP contribution in [0.5, 0.6) is 0 Å². The topological polar surface area (TPSA) is 179 Å². The van der Waals surface area contributed by atoms with E-state index < -0.39 is 51.1 Å². The highest BCUT2D eigenvalue weighted by molar-refractivity contribution is 7.45. The van der Waals surface area contributed by atoms with Gasteiger partial charge in [0.15, 0.2) is 6.10 Å². The van der Waals surface area contributed by atoms with Crippen molar-refractivity contribution >= 4 is 25.7 Å². The average Bonchev–Trinajstić information content (AvgIpc) is 3.22. The Morgan fingerprint density at radius 3 is 1.22 bits per heavy atom. The van der Waals surface area contributed by atoms with E-state index in [0.29, 0.717) is 12.8 Å². The van der Waals surface area contributed by atoms with Gasteiger partial charge in [-0.05, 0) is 38.5 Å². The Kier molecular flexibility index (Phi) is 42.6. The molecule has 12 heteroatoms. The fourth-order valence-electron chi connectivity index (χ4n) is 7.12. The van der Waals surface area contributed by atoms with Crippen LogP contribution in [0.15, 0.2) is 12.2 Å². The van der Waals surface area contributed by atoms with Crippen LogP contribution in [0.1, 0.15) is 245 Å². The molecule has 0 amide bonds. The first-order valence-corrected chi connectivity index (χ1v) is 26.2. The normalized spacial score (nSPS) is 13.7. The van der Waals surface area contributed by atoms with E-state index in [4.69, 9.17) is 14.0 Å². The van der Waals surface area contributed by atoms with Gasteiger partial charge in [0, 0.05) is 12.8 Å². The second kappa shape index (κ2) is 43.9. The molecule has 1 unspecified atom stereocenters. The van der Waals surface area contributed by atoms with Gasteiger partial charge in [-0.15, -0.1) is 0 Å². The van der Waals surface area contributed by atoms with Crippen LogP contribution in [0.3, 0.4) is 0 Å². The Morgan fingerprint density at radius 1 is 0.500 bits per heavy atom. The van der Waals surface area contributed by atoms with Crippen LogP contribution in [0, 0.1) is 0 Å².